The number of phenols is 1. The minimum atomic E-state index is 0. The van der Waals surface area contributed by atoms with E-state index in [9.17, 15) is 5.11 Å². The van der Waals surface area contributed by atoms with Gasteiger partial charge in [0, 0.05) is 19.5 Å². The summed E-state index contributed by atoms with van der Waals surface area (Å²) >= 11 is 0. The molecule has 2 aromatic rings. The van der Waals surface area contributed by atoms with Gasteiger partial charge in [0.2, 0.25) is 0 Å². The van der Waals surface area contributed by atoms with Gasteiger partial charge in [0.1, 0.15) is 0 Å². The number of rotatable bonds is 1. The molecule has 66 valence electrons. The first-order chi connectivity index (χ1) is 6.38. The summed E-state index contributed by atoms with van der Waals surface area (Å²) in [7, 11) is 0. The Labute approximate surface area is 96.2 Å². The van der Waals surface area contributed by atoms with E-state index in [-0.39, 0.29) is 19.5 Å². The van der Waals surface area contributed by atoms with Crippen molar-refractivity contribution < 1.29 is 24.6 Å². The van der Waals surface area contributed by atoms with Crippen LogP contribution in [0.3, 0.4) is 0 Å². The van der Waals surface area contributed by atoms with Gasteiger partial charge in [-0.1, -0.05) is 23.8 Å². The van der Waals surface area contributed by atoms with Crippen LogP contribution in [0.5, 0.6) is 5.75 Å². The maximum atomic E-state index is 9.54. The van der Waals surface area contributed by atoms with Gasteiger partial charge in [-0.2, -0.15) is 0 Å². The van der Waals surface area contributed by atoms with E-state index in [1.807, 2.05) is 42.5 Å². The molecule has 2 heteroatoms. The second-order valence-electron chi connectivity index (χ2n) is 2.79. The van der Waals surface area contributed by atoms with E-state index in [1.165, 1.54) is 0 Å². The Kier molecular flexibility index (Phi) is 3.85. The van der Waals surface area contributed by atoms with Crippen molar-refractivity contribution in [1.82, 2.24) is 0 Å². The molecule has 0 fully saturated rings. The summed E-state index contributed by atoms with van der Waals surface area (Å²) in [5.74, 6) is 0.296. The molecule has 0 amide bonds. The van der Waals surface area contributed by atoms with Gasteiger partial charge in [-0.05, 0) is 6.07 Å². The second-order valence-corrected chi connectivity index (χ2v) is 2.79. The van der Waals surface area contributed by atoms with Gasteiger partial charge in [0.25, 0.3) is 0 Å². The first-order valence-electron chi connectivity index (χ1n) is 4.13. The summed E-state index contributed by atoms with van der Waals surface area (Å²) in [6.07, 6.45) is 0. The minimum absolute atomic E-state index is 0. The summed E-state index contributed by atoms with van der Waals surface area (Å²) in [5, 5.41) is 9.54. The van der Waals surface area contributed by atoms with Crippen molar-refractivity contribution in [2.24, 2.45) is 0 Å². The van der Waals surface area contributed by atoms with Crippen LogP contribution in [0.4, 0.5) is 0 Å². The minimum Gasteiger partial charge on any atom is -0.517 e. The Morgan fingerprint density at radius 1 is 0.929 bits per heavy atom. The van der Waals surface area contributed by atoms with Gasteiger partial charge in [-0.25, -0.2) is 0 Å². The molecule has 0 saturated heterocycles. The van der Waals surface area contributed by atoms with Gasteiger partial charge in [-0.15, -0.1) is 35.9 Å². The van der Waals surface area contributed by atoms with Crippen LogP contribution in [0.2, 0.25) is 0 Å². The molecule has 0 spiro atoms. The Morgan fingerprint density at radius 3 is 2.29 bits per heavy atom. The number of benzene rings is 2. The second kappa shape index (κ2) is 4.92. The third-order valence-corrected chi connectivity index (χ3v) is 1.90. The quantitative estimate of drug-likeness (QED) is 0.594. The third-order valence-electron chi connectivity index (χ3n) is 1.90. The van der Waals surface area contributed by atoms with Crippen LogP contribution in [-0.2, 0) is 19.5 Å². The van der Waals surface area contributed by atoms with Crippen LogP contribution < -0.4 is 0 Å². The fourth-order valence-corrected chi connectivity index (χ4v) is 1.26. The molecular weight excluding hydrogens is 226 g/mol. The summed E-state index contributed by atoms with van der Waals surface area (Å²) in [5.41, 5.74) is 1.74. The van der Waals surface area contributed by atoms with E-state index < -0.39 is 0 Å². The van der Waals surface area contributed by atoms with Crippen LogP contribution in [0, 0.1) is 6.07 Å². The van der Waals surface area contributed by atoms with Crippen molar-refractivity contribution in [3.63, 3.8) is 0 Å². The third kappa shape index (κ3) is 2.21. The summed E-state index contributed by atoms with van der Waals surface area (Å²) < 4.78 is 0. The van der Waals surface area contributed by atoms with Crippen LogP contribution in [0.1, 0.15) is 0 Å². The van der Waals surface area contributed by atoms with Crippen molar-refractivity contribution >= 4 is 0 Å². The summed E-state index contributed by atoms with van der Waals surface area (Å²) in [6, 6.07) is 17.9. The predicted octanol–water partition coefficient (Wildman–Crippen LogP) is 2.86. The first kappa shape index (κ1) is 10.9. The van der Waals surface area contributed by atoms with E-state index in [0.717, 1.165) is 11.1 Å². The molecule has 1 N–H and O–H groups in total. The molecule has 0 bridgehead atoms. The Balaban J connectivity index is 0.000000980. The van der Waals surface area contributed by atoms with Crippen LogP contribution in [-0.4, -0.2) is 5.11 Å². The van der Waals surface area contributed by atoms with Gasteiger partial charge in [-0.3, -0.25) is 0 Å². The molecule has 0 atom stereocenters. The van der Waals surface area contributed by atoms with Crippen molar-refractivity contribution in [2.45, 2.75) is 0 Å². The van der Waals surface area contributed by atoms with Gasteiger partial charge in [0.15, 0.2) is 0 Å². The summed E-state index contributed by atoms with van der Waals surface area (Å²) in [4.78, 5) is 0. The molecule has 14 heavy (non-hydrogen) atoms. The van der Waals surface area contributed by atoms with Gasteiger partial charge in [0.05, 0.1) is 5.75 Å². The zero-order valence-corrected chi connectivity index (χ0v) is 10.7. The molecule has 0 saturated carbocycles. The fraction of sp³-hybridized carbons (Fsp3) is 0. The number of para-hydroxylation sites is 1. The van der Waals surface area contributed by atoms with Crippen molar-refractivity contribution in [2.75, 3.05) is 0 Å². The molecule has 1 nitrogen and oxygen atoms in total. The molecule has 2 aromatic carbocycles. The normalized spacial score (nSPS) is 9.14. The topological polar surface area (TPSA) is 20.2 Å². The smallest absolute Gasteiger partial charge is 0.0820 e. The zero-order valence-electron chi connectivity index (χ0n) is 7.77. The molecule has 0 aliphatic heterocycles. The summed E-state index contributed by atoms with van der Waals surface area (Å²) in [6.45, 7) is 0. The van der Waals surface area contributed by atoms with Crippen molar-refractivity contribution in [1.29, 1.82) is 0 Å². The maximum Gasteiger partial charge on any atom is 0.0820 e. The Hall–Kier alpha value is -1.14. The van der Waals surface area contributed by atoms with Crippen LogP contribution >= 0.6 is 0 Å². The van der Waals surface area contributed by atoms with Crippen LogP contribution in [0.15, 0.2) is 48.5 Å². The largest absolute Gasteiger partial charge is 0.517 e. The monoisotopic (exact) mass is 233 g/mol. The SMILES string of the molecule is Oc1ccccc1-c1[c-]cccc1.[Zn]. The van der Waals surface area contributed by atoms with E-state index in [4.69, 9.17) is 0 Å². The molecule has 0 heterocycles. The van der Waals surface area contributed by atoms with Gasteiger partial charge < -0.3 is 5.11 Å². The van der Waals surface area contributed by atoms with E-state index >= 15 is 0 Å². The molecule has 2 rings (SSSR count). The molecule has 0 unspecified atom stereocenters. The van der Waals surface area contributed by atoms with E-state index in [2.05, 4.69) is 6.07 Å². The number of phenolic OH excluding ortho intramolecular Hbond substituents is 1. The fourth-order valence-electron chi connectivity index (χ4n) is 1.26. The number of hydrogen-bond donors (Lipinski definition) is 1. The number of aromatic hydroxyl groups is 1. The van der Waals surface area contributed by atoms with E-state index in [1.54, 1.807) is 6.07 Å². The van der Waals surface area contributed by atoms with Crippen LogP contribution in [0.25, 0.3) is 11.1 Å². The average molecular weight is 235 g/mol. The molecule has 0 aliphatic rings. The van der Waals surface area contributed by atoms with Crippen molar-refractivity contribution in [3.05, 3.63) is 54.6 Å². The Morgan fingerprint density at radius 2 is 1.64 bits per heavy atom. The molecule has 0 aliphatic carbocycles. The van der Waals surface area contributed by atoms with Gasteiger partial charge >= 0.3 is 0 Å². The maximum absolute atomic E-state index is 9.54. The average Bonchev–Trinajstić information content (AvgIpc) is 2.20. The first-order valence-corrected chi connectivity index (χ1v) is 4.13. The standard InChI is InChI=1S/C12H9O.Zn/c13-12-9-5-4-8-11(12)10-6-2-1-3-7-10;/h1-6,8-9,13H;/q-1;. The van der Waals surface area contributed by atoms with Crippen molar-refractivity contribution in [3.8, 4) is 16.9 Å². The Bertz CT molecular complexity index is 398. The molecule has 0 aromatic heterocycles. The zero-order chi connectivity index (χ0) is 9.10. The predicted molar refractivity (Wildman–Crippen MR) is 52.4 cm³/mol. The molecular formula is C12H9OZn-. The van der Waals surface area contributed by atoms with E-state index in [0.29, 0.717) is 5.75 Å². The number of hydrogen-bond acceptors (Lipinski definition) is 1. The molecule has 0 radical (unpaired) electrons.